The highest BCUT2D eigenvalue weighted by Gasteiger charge is 2.25. The minimum atomic E-state index is 0.518. The molecule has 0 aromatic heterocycles. The molecule has 2 unspecified atom stereocenters. The smallest absolute Gasteiger partial charge is 0.0303 e. The maximum absolute atomic E-state index is 3.55. The zero-order valence-corrected chi connectivity index (χ0v) is 8.81. The molecule has 0 amide bonds. The third-order valence-electron chi connectivity index (χ3n) is 3.22. The van der Waals surface area contributed by atoms with E-state index in [1.807, 2.05) is 0 Å². The summed E-state index contributed by atoms with van der Waals surface area (Å²) in [6.07, 6.45) is 0. The van der Waals surface area contributed by atoms with E-state index in [9.17, 15) is 0 Å². The first-order valence-corrected chi connectivity index (χ1v) is 4.97. The van der Waals surface area contributed by atoms with Gasteiger partial charge in [0.15, 0.2) is 0 Å². The Morgan fingerprint density at radius 1 is 1.08 bits per heavy atom. The van der Waals surface area contributed by atoms with E-state index < -0.39 is 0 Å². The topological polar surface area (TPSA) is 12.0 Å². The van der Waals surface area contributed by atoms with Crippen molar-refractivity contribution in [2.24, 2.45) is 0 Å². The highest BCUT2D eigenvalue weighted by atomic mass is 15.0. The van der Waals surface area contributed by atoms with E-state index in [4.69, 9.17) is 0 Å². The molecule has 2 rings (SSSR count). The molecule has 0 bridgehead atoms. The second-order valence-corrected chi connectivity index (χ2v) is 4.12. The molecular weight excluding hydrogens is 158 g/mol. The molecule has 1 aliphatic heterocycles. The van der Waals surface area contributed by atoms with Gasteiger partial charge in [0.1, 0.15) is 0 Å². The Morgan fingerprint density at radius 3 is 2.46 bits per heavy atom. The molecule has 0 saturated heterocycles. The molecule has 0 radical (unpaired) electrons. The fraction of sp³-hybridized carbons (Fsp3) is 0.500. The van der Waals surface area contributed by atoms with Crippen molar-refractivity contribution in [3.63, 3.8) is 0 Å². The van der Waals surface area contributed by atoms with Gasteiger partial charge < -0.3 is 5.32 Å². The van der Waals surface area contributed by atoms with Crippen LogP contribution in [0.1, 0.15) is 48.2 Å². The fourth-order valence-corrected chi connectivity index (χ4v) is 2.36. The number of nitrogens with one attached hydrogen (secondary N) is 1. The molecule has 1 heterocycles. The van der Waals surface area contributed by atoms with Gasteiger partial charge in [-0.3, -0.25) is 0 Å². The number of fused-ring (bicyclic) bond motifs is 1. The highest BCUT2D eigenvalue weighted by molar-refractivity contribution is 5.45. The van der Waals surface area contributed by atoms with Gasteiger partial charge in [-0.2, -0.15) is 0 Å². The lowest BCUT2D eigenvalue weighted by atomic mass is 9.94. The Morgan fingerprint density at radius 2 is 1.77 bits per heavy atom. The van der Waals surface area contributed by atoms with Crippen LogP contribution in [0.15, 0.2) is 12.1 Å². The van der Waals surface area contributed by atoms with Crippen LogP contribution in [0.25, 0.3) is 0 Å². The van der Waals surface area contributed by atoms with Crippen LogP contribution in [-0.2, 0) is 0 Å². The van der Waals surface area contributed by atoms with E-state index in [0.29, 0.717) is 12.1 Å². The van der Waals surface area contributed by atoms with Gasteiger partial charge in [-0.05, 0) is 49.9 Å². The summed E-state index contributed by atoms with van der Waals surface area (Å²) in [6, 6.07) is 5.53. The Labute approximate surface area is 80.2 Å². The van der Waals surface area contributed by atoms with Gasteiger partial charge in [-0.25, -0.2) is 0 Å². The van der Waals surface area contributed by atoms with Gasteiger partial charge in [0.25, 0.3) is 0 Å². The average molecular weight is 175 g/mol. The summed E-state index contributed by atoms with van der Waals surface area (Å²) in [5.74, 6) is 0. The van der Waals surface area contributed by atoms with Crippen LogP contribution in [0, 0.1) is 13.8 Å². The van der Waals surface area contributed by atoms with Crippen LogP contribution in [0.3, 0.4) is 0 Å². The normalized spacial score (nSPS) is 26.2. The lowest BCUT2D eigenvalue weighted by Gasteiger charge is -2.10. The Hall–Kier alpha value is -0.820. The van der Waals surface area contributed by atoms with E-state index >= 15 is 0 Å². The molecule has 1 N–H and O–H groups in total. The zero-order valence-electron chi connectivity index (χ0n) is 8.81. The van der Waals surface area contributed by atoms with Gasteiger partial charge in [-0.15, -0.1) is 0 Å². The van der Waals surface area contributed by atoms with E-state index in [-0.39, 0.29) is 0 Å². The maximum atomic E-state index is 3.55. The molecule has 0 saturated carbocycles. The monoisotopic (exact) mass is 175 g/mol. The molecule has 1 aliphatic rings. The molecule has 13 heavy (non-hydrogen) atoms. The molecule has 1 nitrogen and oxygen atoms in total. The molecule has 1 aromatic carbocycles. The molecule has 0 fully saturated rings. The zero-order chi connectivity index (χ0) is 9.59. The van der Waals surface area contributed by atoms with Crippen LogP contribution < -0.4 is 5.32 Å². The molecule has 0 spiro atoms. The van der Waals surface area contributed by atoms with Crippen molar-refractivity contribution in [1.29, 1.82) is 0 Å². The van der Waals surface area contributed by atoms with Crippen molar-refractivity contribution in [1.82, 2.24) is 5.32 Å². The van der Waals surface area contributed by atoms with Gasteiger partial charge in [-0.1, -0.05) is 12.1 Å². The third kappa shape index (κ3) is 1.19. The van der Waals surface area contributed by atoms with Crippen LogP contribution in [0.5, 0.6) is 0 Å². The fourth-order valence-electron chi connectivity index (χ4n) is 2.36. The van der Waals surface area contributed by atoms with Crippen molar-refractivity contribution in [3.05, 3.63) is 34.4 Å². The lowest BCUT2D eigenvalue weighted by Crippen LogP contribution is -2.12. The van der Waals surface area contributed by atoms with Gasteiger partial charge in [0, 0.05) is 12.1 Å². The summed E-state index contributed by atoms with van der Waals surface area (Å²) >= 11 is 0. The third-order valence-corrected chi connectivity index (χ3v) is 3.22. The van der Waals surface area contributed by atoms with Crippen molar-refractivity contribution < 1.29 is 0 Å². The number of aryl methyl sites for hydroxylation is 1. The predicted molar refractivity (Wildman–Crippen MR) is 55.9 cm³/mol. The van der Waals surface area contributed by atoms with E-state index in [1.165, 1.54) is 22.3 Å². The second-order valence-electron chi connectivity index (χ2n) is 4.12. The summed E-state index contributed by atoms with van der Waals surface area (Å²) in [5, 5.41) is 3.55. The highest BCUT2D eigenvalue weighted by Crippen LogP contribution is 2.35. The second kappa shape index (κ2) is 2.85. The van der Waals surface area contributed by atoms with Crippen LogP contribution in [0.2, 0.25) is 0 Å². The van der Waals surface area contributed by atoms with Crippen LogP contribution >= 0.6 is 0 Å². The van der Waals surface area contributed by atoms with Crippen molar-refractivity contribution >= 4 is 0 Å². The average Bonchev–Trinajstić information content (AvgIpc) is 2.35. The quantitative estimate of drug-likeness (QED) is 0.639. The first-order valence-electron chi connectivity index (χ1n) is 4.97. The summed E-state index contributed by atoms with van der Waals surface area (Å²) in [6.45, 7) is 8.89. The summed E-state index contributed by atoms with van der Waals surface area (Å²) < 4.78 is 0. The SMILES string of the molecule is Cc1ccc2c(c1C)C(C)NC2C. The van der Waals surface area contributed by atoms with Crippen molar-refractivity contribution in [2.75, 3.05) is 0 Å². The molecule has 1 heteroatoms. The number of rotatable bonds is 0. The molecule has 1 aromatic rings. The molecular formula is C12H17N. The number of hydrogen-bond donors (Lipinski definition) is 1. The van der Waals surface area contributed by atoms with Crippen molar-refractivity contribution in [3.8, 4) is 0 Å². The van der Waals surface area contributed by atoms with Gasteiger partial charge in [0.05, 0.1) is 0 Å². The minimum absolute atomic E-state index is 0.518. The van der Waals surface area contributed by atoms with Crippen LogP contribution in [-0.4, -0.2) is 0 Å². The number of benzene rings is 1. The van der Waals surface area contributed by atoms with E-state index in [0.717, 1.165) is 0 Å². The first-order chi connectivity index (χ1) is 6.11. The summed E-state index contributed by atoms with van der Waals surface area (Å²) in [4.78, 5) is 0. The van der Waals surface area contributed by atoms with Crippen molar-refractivity contribution in [2.45, 2.75) is 39.8 Å². The Balaban J connectivity index is 2.64. The first kappa shape index (κ1) is 8.76. The molecule has 70 valence electrons. The van der Waals surface area contributed by atoms with Gasteiger partial charge >= 0.3 is 0 Å². The Kier molecular flexibility index (Phi) is 1.92. The van der Waals surface area contributed by atoms with E-state index in [1.54, 1.807) is 0 Å². The summed E-state index contributed by atoms with van der Waals surface area (Å²) in [5.41, 5.74) is 5.87. The number of hydrogen-bond acceptors (Lipinski definition) is 1. The van der Waals surface area contributed by atoms with Crippen LogP contribution in [0.4, 0.5) is 0 Å². The standard InChI is InChI=1S/C12H17N/c1-7-5-6-11-9(3)13-10(4)12(11)8(7)2/h5-6,9-10,13H,1-4H3. The minimum Gasteiger partial charge on any atom is -0.304 e. The van der Waals surface area contributed by atoms with Gasteiger partial charge in [0.2, 0.25) is 0 Å². The molecule has 0 aliphatic carbocycles. The summed E-state index contributed by atoms with van der Waals surface area (Å²) in [7, 11) is 0. The largest absolute Gasteiger partial charge is 0.304 e. The van der Waals surface area contributed by atoms with E-state index in [2.05, 4.69) is 45.1 Å². The molecule has 2 atom stereocenters. The lowest BCUT2D eigenvalue weighted by molar-refractivity contribution is 0.552. The Bertz CT molecular complexity index is 341. The maximum Gasteiger partial charge on any atom is 0.0303 e. The predicted octanol–water partition coefficient (Wildman–Crippen LogP) is 3.03.